The maximum Gasteiger partial charge on any atom is 0.322 e. The molecule has 1 amide bonds. The Balaban J connectivity index is 2.59. The highest BCUT2D eigenvalue weighted by atomic mass is 16.5. The van der Waals surface area contributed by atoms with Crippen LogP contribution in [0.4, 0.5) is 0 Å². The van der Waals surface area contributed by atoms with Gasteiger partial charge in [0, 0.05) is 12.7 Å². The Morgan fingerprint density at radius 2 is 1.94 bits per heavy atom. The summed E-state index contributed by atoms with van der Waals surface area (Å²) in [6.07, 6.45) is 0. The molecule has 1 aromatic carbocycles. The highest BCUT2D eigenvalue weighted by Crippen LogP contribution is 2.05. The lowest BCUT2D eigenvalue weighted by atomic mass is 10.1. The lowest BCUT2D eigenvalue weighted by Gasteiger charge is -2.03. The van der Waals surface area contributed by atoms with Gasteiger partial charge in [0.05, 0.1) is 6.61 Å². The minimum atomic E-state index is -1.07. The lowest BCUT2D eigenvalue weighted by molar-refractivity contribution is -0.135. The molecule has 1 aromatic rings. The van der Waals surface area contributed by atoms with Crippen LogP contribution in [0.1, 0.15) is 15.9 Å². The number of aliphatic carboxylic acids is 1. The number of carboxylic acid groups (broad SMARTS) is 1. The zero-order chi connectivity index (χ0) is 12.0. The second-order valence-electron chi connectivity index (χ2n) is 3.21. The molecule has 0 aromatic heterocycles. The molecule has 2 N–H and O–H groups in total. The number of carbonyl (C=O) groups excluding carboxylic acids is 1. The second-order valence-corrected chi connectivity index (χ2v) is 3.21. The normalized spacial score (nSPS) is 9.81. The summed E-state index contributed by atoms with van der Waals surface area (Å²) in [5.41, 5.74) is 1.39. The van der Waals surface area contributed by atoms with Crippen molar-refractivity contribution in [3.05, 3.63) is 35.4 Å². The number of rotatable bonds is 5. The molecule has 5 nitrogen and oxygen atoms in total. The minimum absolute atomic E-state index is 0.376. The molecule has 0 fully saturated rings. The van der Waals surface area contributed by atoms with E-state index in [0.717, 1.165) is 5.56 Å². The van der Waals surface area contributed by atoms with Gasteiger partial charge in [-0.05, 0) is 17.7 Å². The Kier molecular flexibility index (Phi) is 4.47. The Morgan fingerprint density at radius 3 is 2.44 bits per heavy atom. The standard InChI is InChI=1S/C11H13NO4/c1-16-7-8-2-4-9(5-3-8)11(15)12-6-10(13)14/h2-5H,6-7H2,1H3,(H,12,15)(H,13,14). The van der Waals surface area contributed by atoms with Gasteiger partial charge < -0.3 is 15.2 Å². The van der Waals surface area contributed by atoms with E-state index >= 15 is 0 Å². The van der Waals surface area contributed by atoms with Gasteiger partial charge in [-0.15, -0.1) is 0 Å². The molecule has 0 aliphatic heterocycles. The van der Waals surface area contributed by atoms with E-state index in [9.17, 15) is 9.59 Å². The zero-order valence-electron chi connectivity index (χ0n) is 8.90. The monoisotopic (exact) mass is 223 g/mol. The van der Waals surface area contributed by atoms with Crippen molar-refractivity contribution in [2.75, 3.05) is 13.7 Å². The Hall–Kier alpha value is -1.88. The van der Waals surface area contributed by atoms with Crippen LogP contribution in [-0.4, -0.2) is 30.6 Å². The number of nitrogens with one attached hydrogen (secondary N) is 1. The van der Waals surface area contributed by atoms with Gasteiger partial charge in [-0.25, -0.2) is 0 Å². The van der Waals surface area contributed by atoms with Crippen molar-refractivity contribution in [1.82, 2.24) is 5.32 Å². The molecular formula is C11H13NO4. The second kappa shape index (κ2) is 5.87. The molecule has 0 saturated carbocycles. The average Bonchev–Trinajstić information content (AvgIpc) is 2.27. The van der Waals surface area contributed by atoms with Gasteiger partial charge in [0.15, 0.2) is 0 Å². The first-order valence-electron chi connectivity index (χ1n) is 4.71. The number of methoxy groups -OCH3 is 1. The smallest absolute Gasteiger partial charge is 0.322 e. The van der Waals surface area contributed by atoms with Crippen LogP contribution in [0.2, 0.25) is 0 Å². The number of benzene rings is 1. The third-order valence-corrected chi connectivity index (χ3v) is 1.93. The summed E-state index contributed by atoms with van der Waals surface area (Å²) < 4.78 is 4.93. The van der Waals surface area contributed by atoms with Crippen LogP contribution in [0.25, 0.3) is 0 Å². The van der Waals surface area contributed by atoms with E-state index in [1.165, 1.54) is 0 Å². The van der Waals surface area contributed by atoms with Crippen molar-refractivity contribution in [2.45, 2.75) is 6.61 Å². The Bertz CT molecular complexity index is 372. The number of carboxylic acids is 1. The molecule has 0 bridgehead atoms. The third-order valence-electron chi connectivity index (χ3n) is 1.93. The van der Waals surface area contributed by atoms with Gasteiger partial charge in [0.1, 0.15) is 6.54 Å². The first kappa shape index (κ1) is 12.2. The van der Waals surface area contributed by atoms with Crippen molar-refractivity contribution in [1.29, 1.82) is 0 Å². The van der Waals surface area contributed by atoms with E-state index in [2.05, 4.69) is 5.32 Å². The third kappa shape index (κ3) is 3.70. The van der Waals surface area contributed by atoms with Crippen LogP contribution < -0.4 is 5.32 Å². The molecule has 0 radical (unpaired) electrons. The first-order valence-corrected chi connectivity index (χ1v) is 4.71. The molecule has 0 aliphatic rings. The zero-order valence-corrected chi connectivity index (χ0v) is 8.90. The maximum atomic E-state index is 11.4. The number of hydrogen-bond donors (Lipinski definition) is 2. The van der Waals surface area contributed by atoms with E-state index in [4.69, 9.17) is 9.84 Å². The predicted molar refractivity (Wildman–Crippen MR) is 57.1 cm³/mol. The molecule has 0 unspecified atom stereocenters. The quantitative estimate of drug-likeness (QED) is 0.768. The maximum absolute atomic E-state index is 11.4. The fourth-order valence-corrected chi connectivity index (χ4v) is 1.18. The molecule has 0 atom stereocenters. The fraction of sp³-hybridized carbons (Fsp3) is 0.273. The van der Waals surface area contributed by atoms with Gasteiger partial charge in [-0.2, -0.15) is 0 Å². The fourth-order valence-electron chi connectivity index (χ4n) is 1.18. The van der Waals surface area contributed by atoms with Crippen LogP contribution in [-0.2, 0) is 16.1 Å². The van der Waals surface area contributed by atoms with Gasteiger partial charge in [-0.1, -0.05) is 12.1 Å². The lowest BCUT2D eigenvalue weighted by Crippen LogP contribution is -2.29. The van der Waals surface area contributed by atoms with Gasteiger partial charge >= 0.3 is 5.97 Å². The molecule has 0 saturated heterocycles. The minimum Gasteiger partial charge on any atom is -0.480 e. The van der Waals surface area contributed by atoms with E-state index in [0.29, 0.717) is 12.2 Å². The van der Waals surface area contributed by atoms with Gasteiger partial charge in [0.2, 0.25) is 0 Å². The van der Waals surface area contributed by atoms with Crippen LogP contribution >= 0.6 is 0 Å². The van der Waals surface area contributed by atoms with Crippen LogP contribution in [0.3, 0.4) is 0 Å². The molecule has 0 aliphatic carbocycles. The van der Waals surface area contributed by atoms with Gasteiger partial charge in [-0.3, -0.25) is 9.59 Å². The summed E-state index contributed by atoms with van der Waals surface area (Å²) in [4.78, 5) is 21.7. The number of carbonyl (C=O) groups is 2. The summed E-state index contributed by atoms with van der Waals surface area (Å²) in [5, 5.41) is 10.7. The first-order chi connectivity index (χ1) is 7.63. The summed E-state index contributed by atoms with van der Waals surface area (Å²) >= 11 is 0. The molecule has 5 heteroatoms. The van der Waals surface area contributed by atoms with E-state index < -0.39 is 11.9 Å². The van der Waals surface area contributed by atoms with E-state index in [1.54, 1.807) is 31.4 Å². The predicted octanol–water partition coefficient (Wildman–Crippen LogP) is 0.647. The number of hydrogen-bond acceptors (Lipinski definition) is 3. The van der Waals surface area contributed by atoms with Crippen molar-refractivity contribution in [2.24, 2.45) is 0 Å². The summed E-state index contributed by atoms with van der Waals surface area (Å²) in [6.45, 7) is 0.107. The molecule has 1 rings (SSSR count). The van der Waals surface area contributed by atoms with Crippen molar-refractivity contribution in [3.8, 4) is 0 Å². The summed E-state index contributed by atoms with van der Waals surface area (Å²) in [5.74, 6) is -1.46. The summed E-state index contributed by atoms with van der Waals surface area (Å²) in [7, 11) is 1.59. The summed E-state index contributed by atoms with van der Waals surface area (Å²) in [6, 6.07) is 6.79. The molecule has 0 spiro atoms. The number of ether oxygens (including phenoxy) is 1. The van der Waals surface area contributed by atoms with Crippen molar-refractivity contribution in [3.63, 3.8) is 0 Å². The largest absolute Gasteiger partial charge is 0.480 e. The van der Waals surface area contributed by atoms with Crippen LogP contribution in [0.5, 0.6) is 0 Å². The highest BCUT2D eigenvalue weighted by Gasteiger charge is 2.06. The topological polar surface area (TPSA) is 75.6 Å². The molecule has 86 valence electrons. The van der Waals surface area contributed by atoms with Crippen LogP contribution in [0.15, 0.2) is 24.3 Å². The Morgan fingerprint density at radius 1 is 1.31 bits per heavy atom. The molecular weight excluding hydrogens is 210 g/mol. The van der Waals surface area contributed by atoms with Gasteiger partial charge in [0.25, 0.3) is 5.91 Å². The average molecular weight is 223 g/mol. The van der Waals surface area contributed by atoms with Crippen molar-refractivity contribution < 1.29 is 19.4 Å². The SMILES string of the molecule is COCc1ccc(C(=O)NCC(=O)O)cc1. The van der Waals surface area contributed by atoms with Crippen LogP contribution in [0, 0.1) is 0 Å². The van der Waals surface area contributed by atoms with E-state index in [-0.39, 0.29) is 6.54 Å². The highest BCUT2D eigenvalue weighted by molar-refractivity contribution is 5.95. The molecule has 0 heterocycles. The molecule has 16 heavy (non-hydrogen) atoms. The van der Waals surface area contributed by atoms with Crippen molar-refractivity contribution >= 4 is 11.9 Å². The Labute approximate surface area is 93.0 Å². The van der Waals surface area contributed by atoms with E-state index in [1.807, 2.05) is 0 Å². The number of amides is 1.